The summed E-state index contributed by atoms with van der Waals surface area (Å²) in [4.78, 5) is 12.4. The van der Waals surface area contributed by atoms with Crippen LogP contribution in [0.25, 0.3) is 0 Å². The van der Waals surface area contributed by atoms with E-state index < -0.39 is 15.9 Å². The zero-order valence-corrected chi connectivity index (χ0v) is 19.2. The third-order valence-electron chi connectivity index (χ3n) is 4.59. The molecule has 7 nitrogen and oxygen atoms in total. The number of ether oxygens (including phenoxy) is 2. The molecule has 168 valence electrons. The zero-order valence-electron chi connectivity index (χ0n) is 17.6. The van der Waals surface area contributed by atoms with Crippen LogP contribution in [0.15, 0.2) is 71.6 Å². The van der Waals surface area contributed by atoms with Crippen molar-refractivity contribution in [1.82, 2.24) is 5.32 Å². The number of benzene rings is 3. The van der Waals surface area contributed by atoms with Crippen LogP contribution in [0.2, 0.25) is 5.02 Å². The summed E-state index contributed by atoms with van der Waals surface area (Å²) in [5.41, 5.74) is 1.36. The predicted octanol–water partition coefficient (Wildman–Crippen LogP) is 4.27. The lowest BCUT2D eigenvalue weighted by atomic mass is 10.2. The number of carbonyl (C=O) groups is 1. The number of hydrogen-bond acceptors (Lipinski definition) is 5. The Labute approximate surface area is 192 Å². The Morgan fingerprint density at radius 2 is 1.69 bits per heavy atom. The monoisotopic (exact) mass is 474 g/mol. The van der Waals surface area contributed by atoms with Crippen LogP contribution in [0.1, 0.15) is 15.9 Å². The predicted molar refractivity (Wildman–Crippen MR) is 124 cm³/mol. The van der Waals surface area contributed by atoms with E-state index >= 15 is 0 Å². The Balaban J connectivity index is 1.66. The lowest BCUT2D eigenvalue weighted by Gasteiger charge is -2.13. The molecule has 0 heterocycles. The maximum absolute atomic E-state index is 12.9. The number of para-hydroxylation sites is 3. The first-order chi connectivity index (χ1) is 15.3. The van der Waals surface area contributed by atoms with Crippen LogP contribution < -0.4 is 19.5 Å². The fourth-order valence-electron chi connectivity index (χ4n) is 2.90. The molecule has 0 unspecified atom stereocenters. The molecule has 3 rings (SSSR count). The molecule has 9 heteroatoms. The van der Waals surface area contributed by atoms with Gasteiger partial charge in [-0.2, -0.15) is 0 Å². The van der Waals surface area contributed by atoms with Gasteiger partial charge < -0.3 is 14.8 Å². The Kier molecular flexibility index (Phi) is 7.61. The summed E-state index contributed by atoms with van der Waals surface area (Å²) in [6.07, 6.45) is 0. The van der Waals surface area contributed by atoms with Gasteiger partial charge in [-0.15, -0.1) is 0 Å². The van der Waals surface area contributed by atoms with E-state index in [4.69, 9.17) is 21.1 Å². The molecule has 0 saturated heterocycles. The van der Waals surface area contributed by atoms with Crippen molar-refractivity contribution in [2.24, 2.45) is 0 Å². The van der Waals surface area contributed by atoms with Crippen LogP contribution in [0.5, 0.6) is 11.5 Å². The van der Waals surface area contributed by atoms with Crippen molar-refractivity contribution in [3.8, 4) is 11.5 Å². The van der Waals surface area contributed by atoms with E-state index in [1.165, 1.54) is 18.2 Å². The van der Waals surface area contributed by atoms with Crippen LogP contribution in [0, 0.1) is 6.92 Å². The quantitative estimate of drug-likeness (QED) is 0.452. The van der Waals surface area contributed by atoms with Gasteiger partial charge in [-0.25, -0.2) is 8.42 Å². The van der Waals surface area contributed by atoms with E-state index in [1.54, 1.807) is 44.4 Å². The van der Waals surface area contributed by atoms with Gasteiger partial charge in [0.1, 0.15) is 11.5 Å². The van der Waals surface area contributed by atoms with E-state index in [1.807, 2.05) is 18.2 Å². The van der Waals surface area contributed by atoms with Crippen molar-refractivity contribution < 1.29 is 22.7 Å². The summed E-state index contributed by atoms with van der Waals surface area (Å²) >= 11 is 6.13. The number of sulfonamides is 1. The molecule has 3 aromatic carbocycles. The topological polar surface area (TPSA) is 93.7 Å². The number of rotatable bonds is 9. The molecule has 1 amide bonds. The second-order valence-electron chi connectivity index (χ2n) is 6.82. The van der Waals surface area contributed by atoms with Gasteiger partial charge in [-0.05, 0) is 48.9 Å². The highest BCUT2D eigenvalue weighted by molar-refractivity contribution is 7.92. The van der Waals surface area contributed by atoms with E-state index in [-0.39, 0.29) is 28.6 Å². The first-order valence-electron chi connectivity index (χ1n) is 9.74. The summed E-state index contributed by atoms with van der Waals surface area (Å²) in [5.74, 6) is 0.705. The molecule has 0 aliphatic carbocycles. The number of amides is 1. The molecule has 0 radical (unpaired) electrons. The van der Waals surface area contributed by atoms with Gasteiger partial charge in [-0.1, -0.05) is 41.9 Å². The normalized spacial score (nSPS) is 11.0. The standard InChI is InChI=1S/C23H23ClN2O5S/c1-16-7-3-4-8-19(16)26-32(28,29)22-15-17(11-12-18(22)24)23(27)25-13-14-31-21-10-6-5-9-20(21)30-2/h3-12,15,26H,13-14H2,1-2H3,(H,25,27). The fraction of sp³-hybridized carbons (Fsp3) is 0.174. The molecule has 0 atom stereocenters. The number of nitrogens with one attached hydrogen (secondary N) is 2. The molecule has 0 aliphatic heterocycles. The van der Waals surface area contributed by atoms with Gasteiger partial charge in [0, 0.05) is 5.56 Å². The third kappa shape index (κ3) is 5.72. The molecule has 0 aliphatic rings. The molecule has 0 saturated carbocycles. The summed E-state index contributed by atoms with van der Waals surface area (Å²) in [6, 6.07) is 18.2. The zero-order chi connectivity index (χ0) is 23.1. The number of methoxy groups -OCH3 is 1. The molecule has 0 spiro atoms. The second kappa shape index (κ2) is 10.4. The first-order valence-corrected chi connectivity index (χ1v) is 11.6. The van der Waals surface area contributed by atoms with E-state index in [2.05, 4.69) is 10.0 Å². The highest BCUT2D eigenvalue weighted by Crippen LogP contribution is 2.27. The average molecular weight is 475 g/mol. The smallest absolute Gasteiger partial charge is 0.263 e. The van der Waals surface area contributed by atoms with Crippen LogP contribution in [-0.2, 0) is 10.0 Å². The van der Waals surface area contributed by atoms with Crippen molar-refractivity contribution in [3.05, 3.63) is 82.9 Å². The number of carbonyl (C=O) groups excluding carboxylic acids is 1. The van der Waals surface area contributed by atoms with Gasteiger partial charge in [0.15, 0.2) is 11.5 Å². The number of aryl methyl sites for hydroxylation is 1. The molecule has 2 N–H and O–H groups in total. The lowest BCUT2D eigenvalue weighted by Crippen LogP contribution is -2.28. The Morgan fingerprint density at radius 1 is 1.00 bits per heavy atom. The minimum Gasteiger partial charge on any atom is -0.493 e. The van der Waals surface area contributed by atoms with Gasteiger partial charge in [0.05, 0.1) is 24.4 Å². The van der Waals surface area contributed by atoms with Crippen molar-refractivity contribution in [2.75, 3.05) is 25.0 Å². The lowest BCUT2D eigenvalue weighted by molar-refractivity contribution is 0.0946. The Bertz CT molecular complexity index is 1210. The van der Waals surface area contributed by atoms with E-state index in [9.17, 15) is 13.2 Å². The van der Waals surface area contributed by atoms with E-state index in [0.29, 0.717) is 17.2 Å². The van der Waals surface area contributed by atoms with Crippen LogP contribution >= 0.6 is 11.6 Å². The Morgan fingerprint density at radius 3 is 2.41 bits per heavy atom. The molecule has 3 aromatic rings. The van der Waals surface area contributed by atoms with Crippen molar-refractivity contribution in [2.45, 2.75) is 11.8 Å². The number of anilines is 1. The summed E-state index contributed by atoms with van der Waals surface area (Å²) < 4.78 is 39.1. The number of hydrogen-bond donors (Lipinski definition) is 2. The summed E-state index contributed by atoms with van der Waals surface area (Å²) in [7, 11) is -2.45. The summed E-state index contributed by atoms with van der Waals surface area (Å²) in [5, 5.41) is 2.72. The maximum Gasteiger partial charge on any atom is 0.263 e. The molecule has 0 bridgehead atoms. The van der Waals surface area contributed by atoms with Gasteiger partial charge in [0.2, 0.25) is 0 Å². The first kappa shape index (κ1) is 23.4. The molecule has 0 aromatic heterocycles. The fourth-order valence-corrected chi connectivity index (χ4v) is 4.56. The molecular weight excluding hydrogens is 452 g/mol. The highest BCUT2D eigenvalue weighted by atomic mass is 35.5. The van der Waals surface area contributed by atoms with Crippen molar-refractivity contribution in [1.29, 1.82) is 0 Å². The van der Waals surface area contributed by atoms with Crippen LogP contribution in [0.3, 0.4) is 0 Å². The maximum atomic E-state index is 12.9. The van der Waals surface area contributed by atoms with Crippen molar-refractivity contribution in [3.63, 3.8) is 0 Å². The second-order valence-corrected chi connectivity index (χ2v) is 8.88. The largest absolute Gasteiger partial charge is 0.493 e. The van der Waals surface area contributed by atoms with Gasteiger partial charge in [-0.3, -0.25) is 9.52 Å². The van der Waals surface area contributed by atoms with E-state index in [0.717, 1.165) is 5.56 Å². The van der Waals surface area contributed by atoms with Crippen molar-refractivity contribution >= 4 is 33.2 Å². The summed E-state index contributed by atoms with van der Waals surface area (Å²) in [6.45, 7) is 2.21. The van der Waals surface area contributed by atoms with Crippen LogP contribution in [-0.4, -0.2) is 34.6 Å². The third-order valence-corrected chi connectivity index (χ3v) is 6.43. The molecule has 32 heavy (non-hydrogen) atoms. The SMILES string of the molecule is COc1ccccc1OCCNC(=O)c1ccc(Cl)c(S(=O)(=O)Nc2ccccc2C)c1. The van der Waals surface area contributed by atoms with Gasteiger partial charge in [0.25, 0.3) is 15.9 Å². The average Bonchev–Trinajstić information content (AvgIpc) is 2.78. The highest BCUT2D eigenvalue weighted by Gasteiger charge is 2.21. The number of halogens is 1. The minimum atomic E-state index is -3.99. The Hall–Kier alpha value is -3.23. The molecular formula is C23H23ClN2O5S. The van der Waals surface area contributed by atoms with Gasteiger partial charge >= 0.3 is 0 Å². The molecule has 0 fully saturated rings. The van der Waals surface area contributed by atoms with Crippen LogP contribution in [0.4, 0.5) is 5.69 Å². The minimum absolute atomic E-state index is 0.0159.